The van der Waals surface area contributed by atoms with Gasteiger partial charge in [-0.3, -0.25) is 19.7 Å². The van der Waals surface area contributed by atoms with E-state index in [1.807, 2.05) is 0 Å². The summed E-state index contributed by atoms with van der Waals surface area (Å²) in [5, 5.41) is 16.1. The quantitative estimate of drug-likeness (QED) is 0.306. The standard InChI is InChI=1S/C24H21N3O6/c1-32-20-8-5-7-17(14-20)23(28)26-21(15-16-6-3-4-9-22(16)33-2)24(29)25-18-10-12-19(13-11-18)27(30)31/h3-15H,1-2H3,(H,25,29)(H,26,28)/b21-15-. The van der Waals surface area contributed by atoms with E-state index in [2.05, 4.69) is 10.6 Å². The Labute approximate surface area is 189 Å². The van der Waals surface area contributed by atoms with Gasteiger partial charge in [-0.15, -0.1) is 0 Å². The largest absolute Gasteiger partial charge is 0.497 e. The molecule has 3 rings (SSSR count). The van der Waals surface area contributed by atoms with Gasteiger partial charge in [-0.2, -0.15) is 0 Å². The molecule has 0 aliphatic heterocycles. The van der Waals surface area contributed by atoms with Crippen molar-refractivity contribution < 1.29 is 24.0 Å². The highest BCUT2D eigenvalue weighted by molar-refractivity contribution is 6.10. The van der Waals surface area contributed by atoms with Crippen LogP contribution in [0.15, 0.2) is 78.5 Å². The number of amides is 2. The van der Waals surface area contributed by atoms with Crippen molar-refractivity contribution in [3.63, 3.8) is 0 Å². The number of rotatable bonds is 8. The molecule has 0 atom stereocenters. The third kappa shape index (κ3) is 5.95. The minimum absolute atomic E-state index is 0.0503. The first-order valence-corrected chi connectivity index (χ1v) is 9.77. The van der Waals surface area contributed by atoms with E-state index in [9.17, 15) is 19.7 Å². The van der Waals surface area contributed by atoms with E-state index in [0.29, 0.717) is 28.3 Å². The van der Waals surface area contributed by atoms with Crippen LogP contribution in [0.1, 0.15) is 15.9 Å². The molecule has 2 N–H and O–H groups in total. The zero-order valence-electron chi connectivity index (χ0n) is 17.9. The Bertz CT molecular complexity index is 1200. The lowest BCUT2D eigenvalue weighted by molar-refractivity contribution is -0.384. The lowest BCUT2D eigenvalue weighted by Crippen LogP contribution is -2.30. The number of nitro groups is 1. The summed E-state index contributed by atoms with van der Waals surface area (Å²) in [4.78, 5) is 36.2. The summed E-state index contributed by atoms with van der Waals surface area (Å²) in [6, 6.07) is 18.8. The zero-order chi connectivity index (χ0) is 23.8. The van der Waals surface area contributed by atoms with Gasteiger partial charge in [0.1, 0.15) is 17.2 Å². The lowest BCUT2D eigenvalue weighted by Gasteiger charge is -2.13. The Morgan fingerprint density at radius 2 is 1.67 bits per heavy atom. The highest BCUT2D eigenvalue weighted by Gasteiger charge is 2.17. The van der Waals surface area contributed by atoms with Crippen molar-refractivity contribution >= 4 is 29.3 Å². The second-order valence-electron chi connectivity index (χ2n) is 6.74. The third-order valence-electron chi connectivity index (χ3n) is 4.60. The molecule has 0 saturated carbocycles. The lowest BCUT2D eigenvalue weighted by atomic mass is 10.1. The van der Waals surface area contributed by atoms with Crippen LogP contribution in [0.25, 0.3) is 6.08 Å². The predicted molar refractivity (Wildman–Crippen MR) is 123 cm³/mol. The van der Waals surface area contributed by atoms with Crippen LogP contribution in [0.5, 0.6) is 11.5 Å². The van der Waals surface area contributed by atoms with E-state index in [-0.39, 0.29) is 11.4 Å². The number of hydrogen-bond donors (Lipinski definition) is 2. The van der Waals surface area contributed by atoms with E-state index in [1.54, 1.807) is 48.5 Å². The number of carbonyl (C=O) groups is 2. The normalized spacial score (nSPS) is 10.8. The molecule has 0 aliphatic carbocycles. The number of methoxy groups -OCH3 is 2. The zero-order valence-corrected chi connectivity index (χ0v) is 17.9. The molecule has 33 heavy (non-hydrogen) atoms. The number of benzene rings is 3. The van der Waals surface area contributed by atoms with Crippen molar-refractivity contribution in [3.05, 3.63) is 99.7 Å². The van der Waals surface area contributed by atoms with Gasteiger partial charge in [-0.25, -0.2) is 0 Å². The number of non-ortho nitro benzene ring substituents is 1. The topological polar surface area (TPSA) is 120 Å². The van der Waals surface area contributed by atoms with Gasteiger partial charge < -0.3 is 20.1 Å². The van der Waals surface area contributed by atoms with Gasteiger partial charge in [-0.1, -0.05) is 24.3 Å². The molecule has 168 valence electrons. The van der Waals surface area contributed by atoms with E-state index < -0.39 is 16.7 Å². The van der Waals surface area contributed by atoms with Crippen LogP contribution < -0.4 is 20.1 Å². The molecule has 0 unspecified atom stereocenters. The Morgan fingerprint density at radius 1 is 0.939 bits per heavy atom. The molecule has 0 saturated heterocycles. The van der Waals surface area contributed by atoms with E-state index in [0.717, 1.165) is 0 Å². The second kappa shape index (κ2) is 10.6. The van der Waals surface area contributed by atoms with Gasteiger partial charge in [0.15, 0.2) is 0 Å². The maximum absolute atomic E-state index is 13.0. The van der Waals surface area contributed by atoms with Crippen LogP contribution in [0.4, 0.5) is 11.4 Å². The molecule has 0 aromatic heterocycles. The fourth-order valence-electron chi connectivity index (χ4n) is 2.92. The van der Waals surface area contributed by atoms with Crippen molar-refractivity contribution in [2.75, 3.05) is 19.5 Å². The van der Waals surface area contributed by atoms with Gasteiger partial charge in [0.05, 0.1) is 19.1 Å². The number of hydrogen-bond acceptors (Lipinski definition) is 6. The van der Waals surface area contributed by atoms with Crippen molar-refractivity contribution in [2.45, 2.75) is 0 Å². The first kappa shape index (κ1) is 23.0. The smallest absolute Gasteiger partial charge is 0.272 e. The van der Waals surface area contributed by atoms with Crippen molar-refractivity contribution in [2.24, 2.45) is 0 Å². The van der Waals surface area contributed by atoms with Crippen LogP contribution in [-0.4, -0.2) is 31.0 Å². The fourth-order valence-corrected chi connectivity index (χ4v) is 2.92. The van der Waals surface area contributed by atoms with E-state index in [1.165, 1.54) is 44.6 Å². The molecule has 3 aromatic rings. The third-order valence-corrected chi connectivity index (χ3v) is 4.60. The van der Waals surface area contributed by atoms with Gasteiger partial charge in [-0.05, 0) is 42.5 Å². The SMILES string of the molecule is COc1cccc(C(=O)N/C(=C\c2ccccc2OC)C(=O)Nc2ccc([N+](=O)[O-])cc2)c1. The molecule has 0 aliphatic rings. The van der Waals surface area contributed by atoms with Crippen molar-refractivity contribution in [1.29, 1.82) is 0 Å². The van der Waals surface area contributed by atoms with Gasteiger partial charge >= 0.3 is 0 Å². The first-order valence-electron chi connectivity index (χ1n) is 9.77. The van der Waals surface area contributed by atoms with Gasteiger partial charge in [0, 0.05) is 28.9 Å². The number of ether oxygens (including phenoxy) is 2. The average Bonchev–Trinajstić information content (AvgIpc) is 2.84. The maximum atomic E-state index is 13.0. The number of nitro benzene ring substituents is 1. The summed E-state index contributed by atoms with van der Waals surface area (Å²) in [6.45, 7) is 0. The molecule has 0 bridgehead atoms. The fraction of sp³-hybridized carbons (Fsp3) is 0.0833. The minimum atomic E-state index is -0.619. The van der Waals surface area contributed by atoms with E-state index >= 15 is 0 Å². The Kier molecular flexibility index (Phi) is 7.38. The summed E-state index contributed by atoms with van der Waals surface area (Å²) in [5.41, 5.74) is 1.03. The molecule has 0 fully saturated rings. The number of carbonyl (C=O) groups excluding carboxylic acids is 2. The van der Waals surface area contributed by atoms with Crippen LogP contribution in [-0.2, 0) is 4.79 Å². The Hall–Kier alpha value is -4.66. The molecule has 0 radical (unpaired) electrons. The predicted octanol–water partition coefficient (Wildman–Crippen LogP) is 4.02. The van der Waals surface area contributed by atoms with Gasteiger partial charge in [0.2, 0.25) is 0 Å². The van der Waals surface area contributed by atoms with Crippen molar-refractivity contribution in [3.8, 4) is 11.5 Å². The minimum Gasteiger partial charge on any atom is -0.497 e. The second-order valence-corrected chi connectivity index (χ2v) is 6.74. The molecule has 9 heteroatoms. The van der Waals surface area contributed by atoms with Gasteiger partial charge in [0.25, 0.3) is 17.5 Å². The Morgan fingerprint density at radius 3 is 2.33 bits per heavy atom. The summed E-state index contributed by atoms with van der Waals surface area (Å²) >= 11 is 0. The summed E-state index contributed by atoms with van der Waals surface area (Å²) < 4.78 is 10.5. The molecule has 9 nitrogen and oxygen atoms in total. The average molecular weight is 447 g/mol. The number of anilines is 1. The monoisotopic (exact) mass is 447 g/mol. The van der Waals surface area contributed by atoms with Crippen LogP contribution in [0, 0.1) is 10.1 Å². The van der Waals surface area contributed by atoms with Crippen LogP contribution >= 0.6 is 0 Å². The highest BCUT2D eigenvalue weighted by Crippen LogP contribution is 2.22. The highest BCUT2D eigenvalue weighted by atomic mass is 16.6. The molecular weight excluding hydrogens is 426 g/mol. The molecule has 2 amide bonds. The summed E-state index contributed by atoms with van der Waals surface area (Å²) in [6.07, 6.45) is 1.48. The number of nitrogens with one attached hydrogen (secondary N) is 2. The number of para-hydroxylation sites is 1. The number of nitrogens with zero attached hydrogens (tertiary/aromatic N) is 1. The summed E-state index contributed by atoms with van der Waals surface area (Å²) in [5.74, 6) is -0.137. The molecule has 0 heterocycles. The van der Waals surface area contributed by atoms with E-state index in [4.69, 9.17) is 9.47 Å². The van der Waals surface area contributed by atoms with Crippen molar-refractivity contribution in [1.82, 2.24) is 5.32 Å². The molecule has 0 spiro atoms. The Balaban J connectivity index is 1.92. The van der Waals surface area contributed by atoms with Crippen LogP contribution in [0.3, 0.4) is 0 Å². The molecule has 3 aromatic carbocycles. The summed E-state index contributed by atoms with van der Waals surface area (Å²) in [7, 11) is 2.99. The first-order chi connectivity index (χ1) is 15.9. The van der Waals surface area contributed by atoms with Crippen LogP contribution in [0.2, 0.25) is 0 Å². The maximum Gasteiger partial charge on any atom is 0.272 e. The molecular formula is C24H21N3O6.